The SMILES string of the molecule is CC/C=C\C/C=C\C/C=C\CCCCCCCC(=O)OCC(COP(=O)(O)OCC(O)COP(=O)(O)OCC(COC(=O)CCCCCCCCCCCCCCCCC)OC(=O)CCCCCCC/C=C\CCCCCC)OC(=O)CCCCCCC/C=C\CCCCCCCC. The van der Waals surface area contributed by atoms with Gasteiger partial charge in [-0.15, -0.1) is 0 Å². The van der Waals surface area contributed by atoms with Gasteiger partial charge in [-0.2, -0.15) is 0 Å². The maximum absolute atomic E-state index is 13.1. The Labute approximate surface area is 597 Å². The van der Waals surface area contributed by atoms with E-state index in [1.165, 1.54) is 135 Å². The normalized spacial score (nSPS) is 14.2. The van der Waals surface area contributed by atoms with Gasteiger partial charge >= 0.3 is 39.5 Å². The van der Waals surface area contributed by atoms with Gasteiger partial charge in [0.1, 0.15) is 19.3 Å². The van der Waals surface area contributed by atoms with Gasteiger partial charge in [0.2, 0.25) is 0 Å². The number of aliphatic hydroxyl groups is 1. The Kier molecular flexibility index (Phi) is 69.7. The highest BCUT2D eigenvalue weighted by molar-refractivity contribution is 7.47. The van der Waals surface area contributed by atoms with Crippen molar-refractivity contribution in [2.45, 2.75) is 380 Å². The summed E-state index contributed by atoms with van der Waals surface area (Å²) >= 11 is 0. The highest BCUT2D eigenvalue weighted by Gasteiger charge is 2.30. The number of unbranched alkanes of at least 4 members (excludes halogenated alkanes) is 39. The molecule has 0 fully saturated rings. The lowest BCUT2D eigenvalue weighted by molar-refractivity contribution is -0.161. The van der Waals surface area contributed by atoms with Crippen molar-refractivity contribution in [1.82, 2.24) is 0 Å². The molecule has 0 radical (unpaired) electrons. The van der Waals surface area contributed by atoms with Crippen LogP contribution in [0.2, 0.25) is 0 Å². The van der Waals surface area contributed by atoms with E-state index < -0.39 is 97.5 Å². The van der Waals surface area contributed by atoms with Gasteiger partial charge in [-0.25, -0.2) is 9.13 Å². The Hall–Kier alpha value is -3.24. The van der Waals surface area contributed by atoms with Gasteiger partial charge in [-0.05, 0) is 109 Å². The van der Waals surface area contributed by atoms with E-state index in [0.717, 1.165) is 148 Å². The fraction of sp³-hybridized carbons (Fsp3) is 0.823. The van der Waals surface area contributed by atoms with Crippen LogP contribution in [0.3, 0.4) is 0 Å². The molecule has 0 bridgehead atoms. The zero-order chi connectivity index (χ0) is 71.8. The van der Waals surface area contributed by atoms with Gasteiger partial charge in [-0.1, -0.05) is 288 Å². The molecule has 0 saturated heterocycles. The van der Waals surface area contributed by atoms with E-state index in [1.54, 1.807) is 0 Å². The minimum Gasteiger partial charge on any atom is -0.462 e. The molecule has 0 aromatic carbocycles. The summed E-state index contributed by atoms with van der Waals surface area (Å²) in [6, 6.07) is 0. The summed E-state index contributed by atoms with van der Waals surface area (Å²) in [5.41, 5.74) is 0. The molecule has 3 N–H and O–H groups in total. The summed E-state index contributed by atoms with van der Waals surface area (Å²) in [4.78, 5) is 72.9. The second-order valence-electron chi connectivity index (χ2n) is 26.6. The average molecular weight is 1430 g/mol. The number of hydrogen-bond acceptors (Lipinski definition) is 15. The van der Waals surface area contributed by atoms with Gasteiger partial charge in [0.25, 0.3) is 0 Å². The first-order valence-corrected chi connectivity index (χ1v) is 42.5. The Morgan fingerprint density at radius 2 is 0.531 bits per heavy atom. The fourth-order valence-electron chi connectivity index (χ4n) is 10.9. The van der Waals surface area contributed by atoms with Crippen molar-refractivity contribution < 1.29 is 80.2 Å². The van der Waals surface area contributed by atoms with Crippen LogP contribution in [0.5, 0.6) is 0 Å². The Morgan fingerprint density at radius 1 is 0.296 bits per heavy atom. The molecule has 0 amide bonds. The largest absolute Gasteiger partial charge is 0.472 e. The minimum absolute atomic E-state index is 0.0846. The van der Waals surface area contributed by atoms with Crippen molar-refractivity contribution in [3.8, 4) is 0 Å². The van der Waals surface area contributed by atoms with Crippen LogP contribution in [0.1, 0.15) is 362 Å². The Bertz CT molecular complexity index is 2100. The number of carbonyl (C=O) groups excluding carboxylic acids is 4. The van der Waals surface area contributed by atoms with E-state index in [4.69, 9.17) is 37.0 Å². The molecule has 98 heavy (non-hydrogen) atoms. The van der Waals surface area contributed by atoms with Crippen LogP contribution in [0, 0.1) is 0 Å². The van der Waals surface area contributed by atoms with Crippen molar-refractivity contribution in [1.29, 1.82) is 0 Å². The van der Waals surface area contributed by atoms with Gasteiger partial charge in [0, 0.05) is 25.7 Å². The second-order valence-corrected chi connectivity index (χ2v) is 29.5. The lowest BCUT2D eigenvalue weighted by Gasteiger charge is -2.21. The number of phosphoric ester groups is 2. The Balaban J connectivity index is 5.33. The summed E-state index contributed by atoms with van der Waals surface area (Å²) in [6.45, 7) is 4.77. The third-order valence-electron chi connectivity index (χ3n) is 17.0. The molecule has 0 aliphatic rings. The second kappa shape index (κ2) is 72.1. The summed E-state index contributed by atoms with van der Waals surface area (Å²) < 4.78 is 68.5. The summed E-state index contributed by atoms with van der Waals surface area (Å²) in [5.74, 6) is -2.18. The molecule has 0 aliphatic carbocycles. The average Bonchev–Trinajstić information content (AvgIpc) is 1.04. The minimum atomic E-state index is -4.97. The van der Waals surface area contributed by atoms with Crippen molar-refractivity contribution in [3.05, 3.63) is 60.8 Å². The third-order valence-corrected chi connectivity index (χ3v) is 18.9. The first-order chi connectivity index (χ1) is 47.7. The number of hydrogen-bond donors (Lipinski definition) is 3. The molecule has 0 rings (SSSR count). The molecule has 0 spiro atoms. The molecular weight excluding hydrogens is 1280 g/mol. The lowest BCUT2D eigenvalue weighted by atomic mass is 10.0. The van der Waals surface area contributed by atoms with E-state index >= 15 is 0 Å². The molecular formula is C79H144O17P2. The molecule has 572 valence electrons. The van der Waals surface area contributed by atoms with Gasteiger partial charge in [0.15, 0.2) is 12.2 Å². The maximum atomic E-state index is 13.1. The van der Waals surface area contributed by atoms with Crippen molar-refractivity contribution in [2.75, 3.05) is 39.6 Å². The van der Waals surface area contributed by atoms with E-state index in [-0.39, 0.29) is 25.7 Å². The number of phosphoric acid groups is 2. The predicted molar refractivity (Wildman–Crippen MR) is 400 cm³/mol. The van der Waals surface area contributed by atoms with Gasteiger partial charge < -0.3 is 33.8 Å². The van der Waals surface area contributed by atoms with E-state index in [9.17, 15) is 43.2 Å². The van der Waals surface area contributed by atoms with Crippen LogP contribution in [0.4, 0.5) is 0 Å². The van der Waals surface area contributed by atoms with Gasteiger partial charge in [-0.3, -0.25) is 37.3 Å². The molecule has 0 aromatic rings. The number of ether oxygens (including phenoxy) is 4. The van der Waals surface area contributed by atoms with E-state index in [2.05, 4.69) is 88.5 Å². The van der Waals surface area contributed by atoms with Crippen LogP contribution < -0.4 is 0 Å². The number of rotatable bonds is 75. The summed E-state index contributed by atoms with van der Waals surface area (Å²) in [6.07, 6.45) is 70.6. The molecule has 5 atom stereocenters. The zero-order valence-electron chi connectivity index (χ0n) is 62.5. The number of allylic oxidation sites excluding steroid dienone is 10. The predicted octanol–water partition coefficient (Wildman–Crippen LogP) is 22.7. The molecule has 0 saturated carbocycles. The van der Waals surface area contributed by atoms with E-state index in [1.807, 2.05) is 0 Å². The van der Waals surface area contributed by atoms with Crippen molar-refractivity contribution >= 4 is 39.5 Å². The smallest absolute Gasteiger partial charge is 0.462 e. The first kappa shape index (κ1) is 94.8. The molecule has 0 aliphatic heterocycles. The molecule has 19 heteroatoms. The van der Waals surface area contributed by atoms with Crippen LogP contribution in [-0.2, 0) is 65.4 Å². The van der Waals surface area contributed by atoms with Crippen molar-refractivity contribution in [3.63, 3.8) is 0 Å². The summed E-state index contributed by atoms with van der Waals surface area (Å²) in [7, 11) is -9.94. The molecule has 17 nitrogen and oxygen atoms in total. The monoisotopic (exact) mass is 1430 g/mol. The fourth-order valence-corrected chi connectivity index (χ4v) is 12.5. The summed E-state index contributed by atoms with van der Waals surface area (Å²) in [5, 5.41) is 10.6. The van der Waals surface area contributed by atoms with Crippen LogP contribution in [0.25, 0.3) is 0 Å². The number of carbonyl (C=O) groups is 4. The molecule has 0 aromatic heterocycles. The van der Waals surface area contributed by atoms with E-state index in [0.29, 0.717) is 25.7 Å². The molecule has 0 heterocycles. The highest BCUT2D eigenvalue weighted by atomic mass is 31.2. The molecule has 5 unspecified atom stereocenters. The third kappa shape index (κ3) is 71.2. The quantitative estimate of drug-likeness (QED) is 0.0169. The number of esters is 4. The Morgan fingerprint density at radius 3 is 0.837 bits per heavy atom. The van der Waals surface area contributed by atoms with Crippen LogP contribution in [0.15, 0.2) is 60.8 Å². The van der Waals surface area contributed by atoms with Crippen LogP contribution in [-0.4, -0.2) is 96.7 Å². The van der Waals surface area contributed by atoms with Crippen molar-refractivity contribution in [2.24, 2.45) is 0 Å². The lowest BCUT2D eigenvalue weighted by Crippen LogP contribution is -2.30. The topological polar surface area (TPSA) is 237 Å². The van der Waals surface area contributed by atoms with Gasteiger partial charge in [0.05, 0.1) is 26.4 Å². The van der Waals surface area contributed by atoms with Crippen LogP contribution >= 0.6 is 15.6 Å². The standard InChI is InChI=1S/C79H144O17P2/c1-5-9-13-17-21-25-29-33-36-40-43-47-51-55-59-63-76(81)89-69-74(95-78(83)65-61-57-53-49-45-39-32-28-24-20-16-12-8-4)71-93-97(85,86)91-67-73(80)68-92-98(87,88)94-72-75(96-79(84)66-62-58-54-50-46-42-38-35-31-27-23-19-15-11-7-3)70-90-77(82)64-60-56-52-48-44-41-37-34-30-26-22-18-14-10-6-2/h10,14,22,26,28,32,34-35,37-38,73-75,80H,5-9,11-13,15-21,23-25,27,29-31,33,36,39-72H2,1-4H3,(H,85,86)(H,87,88)/b14-10-,26-22-,32-28-,37-34-,38-35-. The zero-order valence-corrected chi connectivity index (χ0v) is 64.3. The highest BCUT2D eigenvalue weighted by Crippen LogP contribution is 2.45. The first-order valence-electron chi connectivity index (χ1n) is 39.5. The maximum Gasteiger partial charge on any atom is 0.472 e. The number of aliphatic hydroxyl groups excluding tert-OH is 1.